The van der Waals surface area contributed by atoms with Gasteiger partial charge in [0.15, 0.2) is 0 Å². The molecule has 1 aliphatic heterocycles. The van der Waals surface area contributed by atoms with Crippen molar-refractivity contribution < 1.29 is 17.6 Å². The summed E-state index contributed by atoms with van der Waals surface area (Å²) in [5, 5.41) is 0. The number of rotatable bonds is 1. The molecule has 1 aromatic rings. The van der Waals surface area contributed by atoms with Gasteiger partial charge in [-0.2, -0.15) is 13.2 Å². The first kappa shape index (κ1) is 12.6. The molecule has 0 aliphatic carbocycles. The lowest BCUT2D eigenvalue weighted by Gasteiger charge is -2.25. The number of hydrogen-bond acceptors (Lipinski definition) is 2. The Balaban J connectivity index is 2.48. The van der Waals surface area contributed by atoms with E-state index in [0.717, 1.165) is 23.1 Å². The van der Waals surface area contributed by atoms with E-state index in [9.17, 15) is 17.6 Å². The second-order valence-electron chi connectivity index (χ2n) is 3.86. The summed E-state index contributed by atoms with van der Waals surface area (Å²) in [4.78, 5) is 5.12. The molecule has 2 rings (SSSR count). The van der Waals surface area contributed by atoms with Crippen LogP contribution in [0.2, 0.25) is 0 Å². The number of aliphatic imine (C=N–C) groups is 1. The van der Waals surface area contributed by atoms with Gasteiger partial charge in [-0.25, -0.2) is 4.39 Å². The van der Waals surface area contributed by atoms with Crippen LogP contribution < -0.4 is 4.90 Å². The SMILES string of the molecule is CC1=NCN(c2c(F)cccc2C(F)(F)F)C=C1. The molecule has 0 amide bonds. The fourth-order valence-corrected chi connectivity index (χ4v) is 1.67. The summed E-state index contributed by atoms with van der Waals surface area (Å²) < 4.78 is 52.1. The molecule has 0 bridgehead atoms. The van der Waals surface area contributed by atoms with Crippen LogP contribution in [0.25, 0.3) is 0 Å². The summed E-state index contributed by atoms with van der Waals surface area (Å²) >= 11 is 0. The molecule has 18 heavy (non-hydrogen) atoms. The van der Waals surface area contributed by atoms with Gasteiger partial charge < -0.3 is 4.90 Å². The quantitative estimate of drug-likeness (QED) is 0.703. The molecule has 0 atom stereocenters. The van der Waals surface area contributed by atoms with Gasteiger partial charge >= 0.3 is 6.18 Å². The Labute approximate surface area is 101 Å². The van der Waals surface area contributed by atoms with Crippen molar-refractivity contribution in [2.24, 2.45) is 4.99 Å². The lowest BCUT2D eigenvalue weighted by Crippen LogP contribution is -2.24. The third kappa shape index (κ3) is 2.37. The largest absolute Gasteiger partial charge is 0.418 e. The summed E-state index contributed by atoms with van der Waals surface area (Å²) in [5.41, 5.74) is -0.796. The molecule has 6 heteroatoms. The normalized spacial score (nSPS) is 15.8. The van der Waals surface area contributed by atoms with Crippen LogP contribution in [0.4, 0.5) is 23.2 Å². The molecule has 0 radical (unpaired) electrons. The van der Waals surface area contributed by atoms with Crippen molar-refractivity contribution in [3.63, 3.8) is 0 Å². The molecular formula is C12H10F4N2. The van der Waals surface area contributed by atoms with E-state index in [0.29, 0.717) is 5.71 Å². The zero-order valence-corrected chi connectivity index (χ0v) is 9.50. The van der Waals surface area contributed by atoms with Crippen LogP contribution >= 0.6 is 0 Å². The average molecular weight is 258 g/mol. The fourth-order valence-electron chi connectivity index (χ4n) is 1.67. The van der Waals surface area contributed by atoms with Crippen LogP contribution in [0.15, 0.2) is 35.5 Å². The Morgan fingerprint density at radius 2 is 2.00 bits per heavy atom. The predicted molar refractivity (Wildman–Crippen MR) is 61.0 cm³/mol. The van der Waals surface area contributed by atoms with Gasteiger partial charge in [0.25, 0.3) is 0 Å². The lowest BCUT2D eigenvalue weighted by atomic mass is 10.1. The van der Waals surface area contributed by atoms with Crippen LogP contribution in [0.5, 0.6) is 0 Å². The van der Waals surface area contributed by atoms with Gasteiger partial charge in [-0.15, -0.1) is 0 Å². The molecule has 96 valence electrons. The summed E-state index contributed by atoms with van der Waals surface area (Å²) in [6, 6.07) is 2.91. The second-order valence-corrected chi connectivity index (χ2v) is 3.86. The lowest BCUT2D eigenvalue weighted by molar-refractivity contribution is -0.137. The maximum Gasteiger partial charge on any atom is 0.418 e. The first-order valence-electron chi connectivity index (χ1n) is 5.21. The summed E-state index contributed by atoms with van der Waals surface area (Å²) in [5.74, 6) is -0.913. The molecule has 0 aromatic heterocycles. The number of benzene rings is 1. The molecule has 1 aromatic carbocycles. The standard InChI is InChI=1S/C12H10F4N2/c1-8-5-6-18(7-17-8)11-9(12(14,15)16)3-2-4-10(11)13/h2-6H,7H2,1H3. The number of alkyl halides is 3. The minimum atomic E-state index is -4.60. The Bertz CT molecular complexity index is 517. The molecular weight excluding hydrogens is 248 g/mol. The maximum absolute atomic E-state index is 13.6. The highest BCUT2D eigenvalue weighted by molar-refractivity contribution is 5.94. The van der Waals surface area contributed by atoms with Gasteiger partial charge in [-0.05, 0) is 25.1 Å². The van der Waals surface area contributed by atoms with Crippen LogP contribution in [0.3, 0.4) is 0 Å². The molecule has 0 unspecified atom stereocenters. The van der Waals surface area contributed by atoms with E-state index < -0.39 is 23.2 Å². The minimum absolute atomic E-state index is 0.0215. The van der Waals surface area contributed by atoms with Crippen molar-refractivity contribution in [3.8, 4) is 0 Å². The Morgan fingerprint density at radius 3 is 2.56 bits per heavy atom. The molecule has 1 heterocycles. The second kappa shape index (κ2) is 4.44. The first-order chi connectivity index (χ1) is 8.39. The third-order valence-electron chi connectivity index (χ3n) is 2.55. The highest BCUT2D eigenvalue weighted by Crippen LogP contribution is 2.38. The number of nitrogens with zero attached hydrogens (tertiary/aromatic N) is 2. The maximum atomic E-state index is 13.6. The van der Waals surface area contributed by atoms with Crippen LogP contribution in [0, 0.1) is 5.82 Å². The molecule has 1 aliphatic rings. The van der Waals surface area contributed by atoms with Gasteiger partial charge in [0.2, 0.25) is 0 Å². The highest BCUT2D eigenvalue weighted by Gasteiger charge is 2.36. The first-order valence-corrected chi connectivity index (χ1v) is 5.21. The van der Waals surface area contributed by atoms with Crippen molar-refractivity contribution in [1.29, 1.82) is 0 Å². The topological polar surface area (TPSA) is 15.6 Å². The molecule has 0 saturated heterocycles. The van der Waals surface area contributed by atoms with Gasteiger partial charge in [0, 0.05) is 11.9 Å². The van der Waals surface area contributed by atoms with E-state index in [1.165, 1.54) is 12.3 Å². The van der Waals surface area contributed by atoms with Crippen molar-refractivity contribution in [3.05, 3.63) is 41.9 Å². The van der Waals surface area contributed by atoms with E-state index in [1.54, 1.807) is 6.92 Å². The summed E-state index contributed by atoms with van der Waals surface area (Å²) in [6.07, 6.45) is -1.66. The van der Waals surface area contributed by atoms with E-state index >= 15 is 0 Å². The predicted octanol–water partition coefficient (Wildman–Crippen LogP) is 3.60. The molecule has 2 nitrogen and oxygen atoms in total. The van der Waals surface area contributed by atoms with E-state index in [4.69, 9.17) is 0 Å². The van der Waals surface area contributed by atoms with Crippen LogP contribution in [-0.2, 0) is 6.18 Å². The number of halogens is 4. The van der Waals surface area contributed by atoms with Gasteiger partial charge in [-0.3, -0.25) is 4.99 Å². The minimum Gasteiger partial charge on any atom is -0.325 e. The third-order valence-corrected chi connectivity index (χ3v) is 2.55. The zero-order chi connectivity index (χ0) is 13.3. The number of allylic oxidation sites excluding steroid dienone is 1. The smallest absolute Gasteiger partial charge is 0.325 e. The van der Waals surface area contributed by atoms with Crippen molar-refractivity contribution >= 4 is 11.4 Å². The van der Waals surface area contributed by atoms with E-state index in [-0.39, 0.29) is 6.67 Å². The zero-order valence-electron chi connectivity index (χ0n) is 9.50. The van der Waals surface area contributed by atoms with Crippen molar-refractivity contribution in [1.82, 2.24) is 0 Å². The number of para-hydroxylation sites is 1. The summed E-state index contributed by atoms with van der Waals surface area (Å²) in [6.45, 7) is 1.70. The Kier molecular flexibility index (Phi) is 3.11. The summed E-state index contributed by atoms with van der Waals surface area (Å²) in [7, 11) is 0. The van der Waals surface area contributed by atoms with Crippen LogP contribution in [0.1, 0.15) is 12.5 Å². The highest BCUT2D eigenvalue weighted by atomic mass is 19.4. The number of anilines is 1. The molecule has 0 N–H and O–H groups in total. The number of hydrogen-bond donors (Lipinski definition) is 0. The van der Waals surface area contributed by atoms with Crippen molar-refractivity contribution in [2.75, 3.05) is 11.6 Å². The van der Waals surface area contributed by atoms with Crippen LogP contribution in [-0.4, -0.2) is 12.4 Å². The van der Waals surface area contributed by atoms with Gasteiger partial charge in [-0.1, -0.05) is 6.07 Å². The van der Waals surface area contributed by atoms with E-state index in [1.807, 2.05) is 0 Å². The average Bonchev–Trinajstić information content (AvgIpc) is 2.29. The monoisotopic (exact) mass is 258 g/mol. The Hall–Kier alpha value is -1.85. The molecule has 0 spiro atoms. The van der Waals surface area contributed by atoms with Crippen molar-refractivity contribution in [2.45, 2.75) is 13.1 Å². The van der Waals surface area contributed by atoms with Gasteiger partial charge in [0.05, 0.1) is 11.3 Å². The Morgan fingerprint density at radius 1 is 1.28 bits per heavy atom. The molecule has 0 fully saturated rings. The molecule has 0 saturated carbocycles. The van der Waals surface area contributed by atoms with E-state index in [2.05, 4.69) is 4.99 Å². The fraction of sp³-hybridized carbons (Fsp3) is 0.250. The van der Waals surface area contributed by atoms with Gasteiger partial charge in [0.1, 0.15) is 12.5 Å².